The van der Waals surface area contributed by atoms with Crippen molar-refractivity contribution >= 4 is 23.4 Å². The van der Waals surface area contributed by atoms with E-state index in [2.05, 4.69) is 10.3 Å². The molecule has 0 unspecified atom stereocenters. The van der Waals surface area contributed by atoms with Crippen LogP contribution >= 0.6 is 11.8 Å². The van der Waals surface area contributed by atoms with E-state index in [0.717, 1.165) is 10.6 Å². The van der Waals surface area contributed by atoms with Crippen LogP contribution in [0.4, 0.5) is 5.69 Å². The largest absolute Gasteiger partial charge is 0.486 e. The lowest BCUT2D eigenvalue weighted by molar-refractivity contribution is 0.102. The van der Waals surface area contributed by atoms with E-state index in [-0.39, 0.29) is 12.7 Å². The van der Waals surface area contributed by atoms with E-state index in [1.807, 2.05) is 18.2 Å². The molecule has 2 aromatic carbocycles. The second-order valence-electron chi connectivity index (χ2n) is 6.29. The quantitative estimate of drug-likeness (QED) is 0.699. The number of amides is 1. The molecule has 1 amide bonds. The average Bonchev–Trinajstić information content (AvgIpc) is 3.22. The Hall–Kier alpha value is -3.39. The van der Waals surface area contributed by atoms with Crippen molar-refractivity contribution in [1.82, 2.24) is 4.98 Å². The molecule has 5 rings (SSSR count). The predicted molar refractivity (Wildman–Crippen MR) is 106 cm³/mol. The van der Waals surface area contributed by atoms with Gasteiger partial charge in [-0.25, -0.2) is 4.98 Å². The highest BCUT2D eigenvalue weighted by atomic mass is 32.2. The van der Waals surface area contributed by atoms with E-state index < -0.39 is 0 Å². The molecule has 2 aliphatic rings. The summed E-state index contributed by atoms with van der Waals surface area (Å²) in [5.74, 6) is 2.45. The maximum Gasteiger partial charge on any atom is 0.258 e. The van der Waals surface area contributed by atoms with Crippen molar-refractivity contribution in [2.45, 2.75) is 9.92 Å². The van der Waals surface area contributed by atoms with Gasteiger partial charge in [0.25, 0.3) is 5.91 Å². The van der Waals surface area contributed by atoms with Gasteiger partial charge in [-0.05, 0) is 42.5 Å². The van der Waals surface area contributed by atoms with Gasteiger partial charge in [-0.15, -0.1) is 0 Å². The molecule has 0 saturated carbocycles. The lowest BCUT2D eigenvalue weighted by Crippen LogP contribution is -2.15. The van der Waals surface area contributed by atoms with E-state index in [9.17, 15) is 4.79 Å². The normalized spacial score (nSPS) is 13.8. The number of rotatable bonds is 4. The fraction of sp³-hybridized carbons (Fsp3) is 0.143. The van der Waals surface area contributed by atoms with Crippen LogP contribution in [0.1, 0.15) is 10.4 Å². The van der Waals surface area contributed by atoms with Crippen LogP contribution in [0.25, 0.3) is 0 Å². The van der Waals surface area contributed by atoms with E-state index in [1.165, 1.54) is 11.8 Å². The highest BCUT2D eigenvalue weighted by Crippen LogP contribution is 2.38. The molecule has 0 fully saturated rings. The van der Waals surface area contributed by atoms with Crippen molar-refractivity contribution in [2.24, 2.45) is 0 Å². The topological polar surface area (TPSA) is 78.9 Å². The second kappa shape index (κ2) is 7.56. The smallest absolute Gasteiger partial charge is 0.258 e. The minimum atomic E-state index is -0.253. The van der Waals surface area contributed by atoms with E-state index >= 15 is 0 Å². The number of hydrogen-bond donors (Lipinski definition) is 1. The monoisotopic (exact) mass is 408 g/mol. The molecule has 2 aliphatic heterocycles. The Morgan fingerprint density at radius 2 is 1.66 bits per heavy atom. The van der Waals surface area contributed by atoms with Crippen LogP contribution in [-0.2, 0) is 0 Å². The van der Waals surface area contributed by atoms with Crippen molar-refractivity contribution < 1.29 is 23.7 Å². The van der Waals surface area contributed by atoms with E-state index in [4.69, 9.17) is 18.9 Å². The zero-order valence-corrected chi connectivity index (χ0v) is 16.0. The molecule has 0 atom stereocenters. The van der Waals surface area contributed by atoms with Crippen LogP contribution in [0.5, 0.6) is 23.0 Å². The van der Waals surface area contributed by atoms with Gasteiger partial charge in [-0.1, -0.05) is 11.8 Å². The molecular weight excluding hydrogens is 392 g/mol. The van der Waals surface area contributed by atoms with E-state index in [0.29, 0.717) is 46.7 Å². The van der Waals surface area contributed by atoms with Crippen LogP contribution < -0.4 is 24.3 Å². The number of nitrogens with zero attached hydrogens (tertiary/aromatic N) is 1. The Morgan fingerprint density at radius 1 is 0.897 bits per heavy atom. The van der Waals surface area contributed by atoms with Gasteiger partial charge in [0.1, 0.15) is 18.2 Å². The highest BCUT2D eigenvalue weighted by molar-refractivity contribution is 7.99. The zero-order chi connectivity index (χ0) is 19.6. The maximum atomic E-state index is 12.9. The Bertz CT molecular complexity index is 1090. The second-order valence-corrected chi connectivity index (χ2v) is 7.35. The number of anilines is 1. The standard InChI is InChI=1S/C21H16N2O5S/c24-20(23-13-3-5-17-18(10-13)28-12-27-17)15-2-1-7-22-21(15)29-14-4-6-16-19(11-14)26-9-8-25-16/h1-7,10-11H,8-9,12H2,(H,23,24). The summed E-state index contributed by atoms with van der Waals surface area (Å²) >= 11 is 1.39. The number of nitrogens with one attached hydrogen (secondary N) is 1. The molecular formula is C21H16N2O5S. The molecule has 8 heteroatoms. The van der Waals surface area contributed by atoms with Crippen LogP contribution in [0, 0.1) is 0 Å². The molecule has 1 aromatic heterocycles. The summed E-state index contributed by atoms with van der Waals surface area (Å²) in [6, 6.07) is 14.5. The number of aromatic nitrogens is 1. The van der Waals surface area contributed by atoms with Gasteiger partial charge in [0.2, 0.25) is 6.79 Å². The number of pyridine rings is 1. The lowest BCUT2D eigenvalue weighted by atomic mass is 10.2. The molecule has 146 valence electrons. The zero-order valence-electron chi connectivity index (χ0n) is 15.2. The molecule has 0 radical (unpaired) electrons. The van der Waals surface area contributed by atoms with Gasteiger partial charge in [-0.3, -0.25) is 4.79 Å². The maximum absolute atomic E-state index is 12.9. The number of carbonyl (C=O) groups excluding carboxylic acids is 1. The molecule has 7 nitrogen and oxygen atoms in total. The highest BCUT2D eigenvalue weighted by Gasteiger charge is 2.18. The Labute approximate surface area is 171 Å². The number of ether oxygens (including phenoxy) is 4. The number of fused-ring (bicyclic) bond motifs is 2. The van der Waals surface area contributed by atoms with Crippen molar-refractivity contribution in [3.8, 4) is 23.0 Å². The summed E-state index contributed by atoms with van der Waals surface area (Å²) in [6.45, 7) is 1.25. The third-order valence-electron chi connectivity index (χ3n) is 4.37. The SMILES string of the molecule is O=C(Nc1ccc2c(c1)OCO2)c1cccnc1Sc1ccc2c(c1)OCCO2. The van der Waals surface area contributed by atoms with Crippen LogP contribution in [0.15, 0.2) is 64.6 Å². The lowest BCUT2D eigenvalue weighted by Gasteiger charge is -2.18. The molecule has 0 spiro atoms. The fourth-order valence-corrected chi connectivity index (χ4v) is 3.93. The Morgan fingerprint density at radius 3 is 2.59 bits per heavy atom. The molecule has 3 aromatic rings. The first kappa shape index (κ1) is 17.7. The third kappa shape index (κ3) is 3.66. The summed E-state index contributed by atoms with van der Waals surface area (Å²) in [7, 11) is 0. The predicted octanol–water partition coefficient (Wildman–Crippen LogP) is 3.99. The molecule has 29 heavy (non-hydrogen) atoms. The Kier molecular flexibility index (Phi) is 4.61. The molecule has 1 N–H and O–H groups in total. The number of carbonyl (C=O) groups is 1. The molecule has 0 bridgehead atoms. The summed E-state index contributed by atoms with van der Waals surface area (Å²) < 4.78 is 21.9. The van der Waals surface area contributed by atoms with Crippen molar-refractivity contribution in [3.05, 3.63) is 60.3 Å². The Balaban J connectivity index is 1.37. The van der Waals surface area contributed by atoms with Crippen molar-refractivity contribution in [3.63, 3.8) is 0 Å². The summed E-state index contributed by atoms with van der Waals surface area (Å²) in [5, 5.41) is 3.49. The molecule has 0 saturated heterocycles. The number of hydrogen-bond acceptors (Lipinski definition) is 7. The molecule has 0 aliphatic carbocycles. The first-order valence-corrected chi connectivity index (χ1v) is 9.81. The van der Waals surface area contributed by atoms with E-state index in [1.54, 1.807) is 36.5 Å². The van der Waals surface area contributed by atoms with Crippen LogP contribution in [0.3, 0.4) is 0 Å². The fourth-order valence-electron chi connectivity index (χ4n) is 3.02. The van der Waals surface area contributed by atoms with Gasteiger partial charge >= 0.3 is 0 Å². The summed E-state index contributed by atoms with van der Waals surface area (Å²) in [4.78, 5) is 18.2. The van der Waals surface area contributed by atoms with Gasteiger partial charge in [0.15, 0.2) is 23.0 Å². The first-order chi connectivity index (χ1) is 14.3. The molecule has 3 heterocycles. The number of benzene rings is 2. The van der Waals surface area contributed by atoms with Gasteiger partial charge in [0, 0.05) is 22.8 Å². The van der Waals surface area contributed by atoms with Gasteiger partial charge in [-0.2, -0.15) is 0 Å². The van der Waals surface area contributed by atoms with Crippen LogP contribution in [-0.4, -0.2) is 30.9 Å². The van der Waals surface area contributed by atoms with Crippen molar-refractivity contribution in [1.29, 1.82) is 0 Å². The first-order valence-electron chi connectivity index (χ1n) is 9.00. The summed E-state index contributed by atoms with van der Waals surface area (Å²) in [5.41, 5.74) is 1.10. The van der Waals surface area contributed by atoms with Gasteiger partial charge in [0.05, 0.1) is 5.56 Å². The summed E-state index contributed by atoms with van der Waals surface area (Å²) in [6.07, 6.45) is 1.66. The minimum Gasteiger partial charge on any atom is -0.486 e. The van der Waals surface area contributed by atoms with Crippen molar-refractivity contribution in [2.75, 3.05) is 25.3 Å². The average molecular weight is 408 g/mol. The third-order valence-corrected chi connectivity index (χ3v) is 5.38. The van der Waals surface area contributed by atoms with Crippen LogP contribution in [0.2, 0.25) is 0 Å². The van der Waals surface area contributed by atoms with Gasteiger partial charge < -0.3 is 24.3 Å². The minimum absolute atomic E-state index is 0.186.